The Kier molecular flexibility index (Phi) is 3.98. The minimum absolute atomic E-state index is 0.0623. The summed E-state index contributed by atoms with van der Waals surface area (Å²) in [6.45, 7) is 4.82. The highest BCUT2D eigenvalue weighted by Gasteiger charge is 2.44. The summed E-state index contributed by atoms with van der Waals surface area (Å²) in [7, 11) is 0. The number of rotatable bonds is 3. The number of piperazine rings is 1. The van der Waals surface area contributed by atoms with Gasteiger partial charge < -0.3 is 10.2 Å². The molecule has 114 valence electrons. The minimum Gasteiger partial charge on any atom is -0.340 e. The molecule has 0 aliphatic carbocycles. The highest BCUT2D eigenvalue weighted by atomic mass is 19.1. The van der Waals surface area contributed by atoms with E-state index in [9.17, 15) is 18.4 Å². The Balaban J connectivity index is 2.36. The normalized spacial score (nSPS) is 21.4. The van der Waals surface area contributed by atoms with Crippen molar-refractivity contribution in [2.75, 3.05) is 0 Å². The molecule has 1 aromatic rings. The van der Waals surface area contributed by atoms with Gasteiger partial charge in [-0.05, 0) is 38.5 Å². The van der Waals surface area contributed by atoms with Crippen LogP contribution < -0.4 is 5.32 Å². The Morgan fingerprint density at radius 2 is 1.95 bits per heavy atom. The highest BCUT2D eigenvalue weighted by molar-refractivity contribution is 5.99. The molecule has 1 fully saturated rings. The molecular formula is C15H18F2N2O2. The average molecular weight is 296 g/mol. The van der Waals surface area contributed by atoms with Gasteiger partial charge in [-0.15, -0.1) is 0 Å². The number of carbonyl (C=O) groups is 2. The topological polar surface area (TPSA) is 49.4 Å². The molecule has 2 rings (SSSR count). The van der Waals surface area contributed by atoms with Crippen LogP contribution in [0.15, 0.2) is 18.2 Å². The lowest BCUT2D eigenvalue weighted by Crippen LogP contribution is -2.67. The number of carbonyl (C=O) groups excluding carboxylic acids is 2. The zero-order chi connectivity index (χ0) is 15.8. The fourth-order valence-corrected chi connectivity index (χ4v) is 2.52. The van der Waals surface area contributed by atoms with E-state index < -0.39 is 23.2 Å². The van der Waals surface area contributed by atoms with Gasteiger partial charge in [-0.2, -0.15) is 0 Å². The molecule has 6 heteroatoms. The molecule has 1 aromatic carbocycles. The molecule has 1 N–H and O–H groups in total. The fourth-order valence-electron chi connectivity index (χ4n) is 2.52. The summed E-state index contributed by atoms with van der Waals surface area (Å²) in [6, 6.07) is 2.42. The van der Waals surface area contributed by atoms with Gasteiger partial charge in [0.25, 0.3) is 0 Å². The molecule has 0 aromatic heterocycles. The molecule has 0 radical (unpaired) electrons. The summed E-state index contributed by atoms with van der Waals surface area (Å²) >= 11 is 0. The van der Waals surface area contributed by atoms with Crippen molar-refractivity contribution < 1.29 is 18.4 Å². The van der Waals surface area contributed by atoms with E-state index in [0.717, 1.165) is 18.2 Å². The van der Waals surface area contributed by atoms with Gasteiger partial charge in [-0.3, -0.25) is 9.59 Å². The second-order valence-electron chi connectivity index (χ2n) is 5.71. The van der Waals surface area contributed by atoms with E-state index in [1.165, 1.54) is 4.90 Å². The Labute approximate surface area is 122 Å². The van der Waals surface area contributed by atoms with Gasteiger partial charge in [0, 0.05) is 12.1 Å². The molecule has 2 amide bonds. The largest absolute Gasteiger partial charge is 0.340 e. The summed E-state index contributed by atoms with van der Waals surface area (Å²) in [5, 5.41) is 2.65. The molecular weight excluding hydrogens is 278 g/mol. The Bertz CT molecular complexity index is 587. The minimum atomic E-state index is -1.05. The number of amides is 2. The van der Waals surface area contributed by atoms with Crippen LogP contribution in [0.5, 0.6) is 0 Å². The lowest BCUT2D eigenvalue weighted by atomic mass is 9.95. The molecule has 21 heavy (non-hydrogen) atoms. The maximum Gasteiger partial charge on any atom is 0.248 e. The molecule has 0 bridgehead atoms. The van der Waals surface area contributed by atoms with Crippen LogP contribution in [0.4, 0.5) is 8.78 Å². The van der Waals surface area contributed by atoms with Crippen molar-refractivity contribution in [3.05, 3.63) is 35.4 Å². The number of hydrogen-bond donors (Lipinski definition) is 1. The van der Waals surface area contributed by atoms with Gasteiger partial charge in [0.2, 0.25) is 11.8 Å². The lowest BCUT2D eigenvalue weighted by molar-refractivity contribution is -0.154. The third kappa shape index (κ3) is 2.89. The predicted molar refractivity (Wildman–Crippen MR) is 73.2 cm³/mol. The molecule has 0 spiro atoms. The van der Waals surface area contributed by atoms with Gasteiger partial charge in [0.1, 0.15) is 23.2 Å². The van der Waals surface area contributed by atoms with Crippen molar-refractivity contribution in [3.8, 4) is 0 Å². The smallest absolute Gasteiger partial charge is 0.248 e. The quantitative estimate of drug-likeness (QED) is 0.927. The van der Waals surface area contributed by atoms with E-state index in [1.54, 1.807) is 20.8 Å². The SMILES string of the molecule is CCC1C(=O)NC(C)(C)C(=O)N1Cc1cc(F)ccc1F. The van der Waals surface area contributed by atoms with Crippen LogP contribution >= 0.6 is 0 Å². The number of benzene rings is 1. The van der Waals surface area contributed by atoms with E-state index >= 15 is 0 Å². The zero-order valence-electron chi connectivity index (χ0n) is 12.2. The van der Waals surface area contributed by atoms with Crippen molar-refractivity contribution >= 4 is 11.8 Å². The first-order valence-electron chi connectivity index (χ1n) is 6.83. The van der Waals surface area contributed by atoms with Crippen LogP contribution in [0, 0.1) is 11.6 Å². The number of hydrogen-bond acceptors (Lipinski definition) is 2. The van der Waals surface area contributed by atoms with Crippen LogP contribution in [0.3, 0.4) is 0 Å². The third-order valence-electron chi connectivity index (χ3n) is 3.65. The second-order valence-corrected chi connectivity index (χ2v) is 5.71. The molecule has 4 nitrogen and oxygen atoms in total. The summed E-state index contributed by atoms with van der Waals surface area (Å²) in [5.41, 5.74) is -0.987. The van der Waals surface area contributed by atoms with Gasteiger partial charge in [-0.25, -0.2) is 8.78 Å². The average Bonchev–Trinajstić information content (AvgIpc) is 2.39. The Morgan fingerprint density at radius 3 is 2.57 bits per heavy atom. The van der Waals surface area contributed by atoms with Crippen molar-refractivity contribution in [2.45, 2.75) is 45.3 Å². The van der Waals surface area contributed by atoms with E-state index in [0.29, 0.717) is 6.42 Å². The summed E-state index contributed by atoms with van der Waals surface area (Å²) in [4.78, 5) is 25.8. The zero-order valence-corrected chi connectivity index (χ0v) is 12.2. The third-order valence-corrected chi connectivity index (χ3v) is 3.65. The van der Waals surface area contributed by atoms with Crippen molar-refractivity contribution in [2.24, 2.45) is 0 Å². The molecule has 1 unspecified atom stereocenters. The second kappa shape index (κ2) is 5.42. The van der Waals surface area contributed by atoms with Gasteiger partial charge in [0.15, 0.2) is 0 Å². The van der Waals surface area contributed by atoms with Crippen molar-refractivity contribution in [1.82, 2.24) is 10.2 Å². The Hall–Kier alpha value is -1.98. The maximum atomic E-state index is 13.8. The first kappa shape index (κ1) is 15.4. The van der Waals surface area contributed by atoms with E-state index in [1.807, 2.05) is 0 Å². The molecule has 1 heterocycles. The van der Waals surface area contributed by atoms with E-state index in [4.69, 9.17) is 0 Å². The fraction of sp³-hybridized carbons (Fsp3) is 0.467. The molecule has 0 saturated carbocycles. The van der Waals surface area contributed by atoms with Crippen LogP contribution in [-0.2, 0) is 16.1 Å². The lowest BCUT2D eigenvalue weighted by Gasteiger charge is -2.42. The maximum absolute atomic E-state index is 13.8. The summed E-state index contributed by atoms with van der Waals surface area (Å²) in [6.07, 6.45) is 0.407. The first-order chi connectivity index (χ1) is 9.76. The van der Waals surface area contributed by atoms with Gasteiger partial charge in [0.05, 0.1) is 0 Å². The Morgan fingerprint density at radius 1 is 1.29 bits per heavy atom. The number of nitrogens with zero attached hydrogens (tertiary/aromatic N) is 1. The number of halogens is 2. The van der Waals surface area contributed by atoms with Crippen LogP contribution in [-0.4, -0.2) is 28.3 Å². The summed E-state index contributed by atoms with van der Waals surface area (Å²) in [5.74, 6) is -1.76. The molecule has 1 atom stereocenters. The van der Waals surface area contributed by atoms with Crippen LogP contribution in [0.1, 0.15) is 32.8 Å². The van der Waals surface area contributed by atoms with Gasteiger partial charge >= 0.3 is 0 Å². The number of nitrogens with one attached hydrogen (secondary N) is 1. The molecule has 1 saturated heterocycles. The monoisotopic (exact) mass is 296 g/mol. The van der Waals surface area contributed by atoms with Crippen LogP contribution in [0.2, 0.25) is 0 Å². The van der Waals surface area contributed by atoms with Crippen molar-refractivity contribution in [1.29, 1.82) is 0 Å². The summed E-state index contributed by atoms with van der Waals surface area (Å²) < 4.78 is 27.0. The van der Waals surface area contributed by atoms with Crippen LogP contribution in [0.25, 0.3) is 0 Å². The molecule has 1 aliphatic heterocycles. The predicted octanol–water partition coefficient (Wildman–Crippen LogP) is 1.98. The molecule has 1 aliphatic rings. The first-order valence-corrected chi connectivity index (χ1v) is 6.83. The van der Waals surface area contributed by atoms with E-state index in [2.05, 4.69) is 5.32 Å². The van der Waals surface area contributed by atoms with Gasteiger partial charge in [-0.1, -0.05) is 6.92 Å². The van der Waals surface area contributed by atoms with E-state index in [-0.39, 0.29) is 23.9 Å². The van der Waals surface area contributed by atoms with Crippen molar-refractivity contribution in [3.63, 3.8) is 0 Å². The standard InChI is InChI=1S/C15H18F2N2O2/c1-4-12-13(20)18-15(2,3)14(21)19(12)8-9-7-10(16)5-6-11(9)17/h5-7,12H,4,8H2,1-3H3,(H,18,20). The highest BCUT2D eigenvalue weighted by Crippen LogP contribution is 2.23.